The molecule has 0 radical (unpaired) electrons. The van der Waals surface area contributed by atoms with E-state index in [1.165, 1.54) is 5.56 Å². The Kier molecular flexibility index (Phi) is 6.68. The summed E-state index contributed by atoms with van der Waals surface area (Å²) in [6, 6.07) is 8.30. The number of hydrogen-bond donors (Lipinski definition) is 1. The lowest BCUT2D eigenvalue weighted by molar-refractivity contribution is 0.125. The summed E-state index contributed by atoms with van der Waals surface area (Å²) in [6.07, 6.45) is 1.05. The lowest BCUT2D eigenvalue weighted by atomic mass is 10.1. The number of methoxy groups -OCH3 is 1. The van der Waals surface area contributed by atoms with Gasteiger partial charge in [0.05, 0.1) is 0 Å². The Balaban J connectivity index is 1.67. The van der Waals surface area contributed by atoms with Crippen LogP contribution >= 0.6 is 0 Å². The number of carbonyl (C=O) groups excluding carboxylic acids is 1. The molecule has 5 heteroatoms. The number of nitrogens with one attached hydrogen (secondary N) is 1. The van der Waals surface area contributed by atoms with Crippen molar-refractivity contribution in [2.24, 2.45) is 0 Å². The van der Waals surface area contributed by atoms with Gasteiger partial charge in [0.15, 0.2) is 0 Å². The van der Waals surface area contributed by atoms with Crippen molar-refractivity contribution in [3.8, 4) is 0 Å². The van der Waals surface area contributed by atoms with E-state index < -0.39 is 0 Å². The molecule has 0 unspecified atom stereocenters. The van der Waals surface area contributed by atoms with Crippen LogP contribution in [0.15, 0.2) is 24.3 Å². The van der Waals surface area contributed by atoms with Gasteiger partial charge in [0, 0.05) is 53.0 Å². The summed E-state index contributed by atoms with van der Waals surface area (Å²) in [6.45, 7) is 7.99. The monoisotopic (exact) mass is 305 g/mol. The first-order valence-electron chi connectivity index (χ1n) is 7.98. The van der Waals surface area contributed by atoms with Gasteiger partial charge >= 0.3 is 6.03 Å². The zero-order chi connectivity index (χ0) is 15.8. The fourth-order valence-electron chi connectivity index (χ4n) is 2.60. The molecule has 1 aliphatic rings. The number of nitrogens with zero attached hydrogens (tertiary/aromatic N) is 2. The molecule has 1 N–H and O–H groups in total. The molecule has 22 heavy (non-hydrogen) atoms. The second kappa shape index (κ2) is 8.76. The SMILES string of the molecule is COCCCN1CCN(C(=O)NCc2ccc(C)cc2)CC1. The Bertz CT molecular complexity index is 453. The molecule has 0 atom stereocenters. The van der Waals surface area contributed by atoms with Crippen LogP contribution in [-0.2, 0) is 11.3 Å². The third-order valence-electron chi connectivity index (χ3n) is 4.05. The van der Waals surface area contributed by atoms with Crippen LogP contribution in [0.5, 0.6) is 0 Å². The summed E-state index contributed by atoms with van der Waals surface area (Å²) < 4.78 is 5.07. The standard InChI is InChI=1S/C17H27N3O2/c1-15-4-6-16(7-5-15)14-18-17(21)20-11-9-19(10-12-20)8-3-13-22-2/h4-7H,3,8-14H2,1-2H3,(H,18,21). The second-order valence-corrected chi connectivity index (χ2v) is 5.82. The molecule has 2 rings (SSSR count). The van der Waals surface area contributed by atoms with Crippen LogP contribution in [0.25, 0.3) is 0 Å². The molecule has 0 spiro atoms. The van der Waals surface area contributed by atoms with Crippen LogP contribution in [0, 0.1) is 6.92 Å². The zero-order valence-electron chi connectivity index (χ0n) is 13.7. The highest BCUT2D eigenvalue weighted by atomic mass is 16.5. The molecule has 1 aromatic rings. The van der Waals surface area contributed by atoms with Crippen LogP contribution in [0.1, 0.15) is 17.5 Å². The van der Waals surface area contributed by atoms with Gasteiger partial charge in [0.25, 0.3) is 0 Å². The fourth-order valence-corrected chi connectivity index (χ4v) is 2.60. The molecule has 2 amide bonds. The first-order chi connectivity index (χ1) is 10.7. The number of amides is 2. The van der Waals surface area contributed by atoms with Gasteiger partial charge in [-0.15, -0.1) is 0 Å². The van der Waals surface area contributed by atoms with E-state index in [1.807, 2.05) is 4.90 Å². The fraction of sp³-hybridized carbons (Fsp3) is 0.588. The molecule has 0 aromatic heterocycles. The highest BCUT2D eigenvalue weighted by Gasteiger charge is 2.20. The minimum Gasteiger partial charge on any atom is -0.385 e. The van der Waals surface area contributed by atoms with Crippen molar-refractivity contribution in [1.82, 2.24) is 15.1 Å². The molecule has 1 saturated heterocycles. The quantitative estimate of drug-likeness (QED) is 0.816. The van der Waals surface area contributed by atoms with E-state index >= 15 is 0 Å². The predicted molar refractivity (Wildman–Crippen MR) is 87.9 cm³/mol. The molecular formula is C17H27N3O2. The summed E-state index contributed by atoms with van der Waals surface area (Å²) in [4.78, 5) is 16.5. The summed E-state index contributed by atoms with van der Waals surface area (Å²) >= 11 is 0. The predicted octanol–water partition coefficient (Wildman–Crippen LogP) is 1.86. The van der Waals surface area contributed by atoms with Crippen molar-refractivity contribution in [2.75, 3.05) is 46.4 Å². The Morgan fingerprint density at radius 3 is 2.50 bits per heavy atom. The smallest absolute Gasteiger partial charge is 0.317 e. The number of ether oxygens (including phenoxy) is 1. The highest BCUT2D eigenvalue weighted by molar-refractivity contribution is 5.74. The van der Waals surface area contributed by atoms with Gasteiger partial charge in [-0.1, -0.05) is 29.8 Å². The van der Waals surface area contributed by atoms with Crippen LogP contribution in [0.2, 0.25) is 0 Å². The van der Waals surface area contributed by atoms with Gasteiger partial charge in [0.1, 0.15) is 0 Å². The van der Waals surface area contributed by atoms with E-state index in [-0.39, 0.29) is 6.03 Å². The van der Waals surface area contributed by atoms with Gasteiger partial charge in [-0.3, -0.25) is 4.90 Å². The van der Waals surface area contributed by atoms with Crippen LogP contribution in [0.3, 0.4) is 0 Å². The van der Waals surface area contributed by atoms with Crippen molar-refractivity contribution in [3.63, 3.8) is 0 Å². The summed E-state index contributed by atoms with van der Waals surface area (Å²) in [5, 5.41) is 3.00. The van der Waals surface area contributed by atoms with Crippen LogP contribution < -0.4 is 5.32 Å². The summed E-state index contributed by atoms with van der Waals surface area (Å²) in [5.41, 5.74) is 2.37. The first-order valence-corrected chi connectivity index (χ1v) is 7.98. The number of aryl methyl sites for hydroxylation is 1. The van der Waals surface area contributed by atoms with E-state index in [0.29, 0.717) is 6.54 Å². The third kappa shape index (κ3) is 5.31. The molecule has 0 saturated carbocycles. The molecule has 122 valence electrons. The molecule has 1 aromatic carbocycles. The number of benzene rings is 1. The minimum atomic E-state index is 0.0390. The minimum absolute atomic E-state index is 0.0390. The maximum Gasteiger partial charge on any atom is 0.317 e. The highest BCUT2D eigenvalue weighted by Crippen LogP contribution is 2.05. The lowest BCUT2D eigenvalue weighted by Gasteiger charge is -2.34. The lowest BCUT2D eigenvalue weighted by Crippen LogP contribution is -2.51. The molecule has 0 bridgehead atoms. The maximum absolute atomic E-state index is 12.2. The van der Waals surface area contributed by atoms with Crippen LogP contribution in [-0.4, -0.2) is 62.3 Å². The van der Waals surface area contributed by atoms with Crippen molar-refractivity contribution < 1.29 is 9.53 Å². The van der Waals surface area contributed by atoms with Gasteiger partial charge in [-0.25, -0.2) is 4.79 Å². The van der Waals surface area contributed by atoms with E-state index in [1.54, 1.807) is 7.11 Å². The molecule has 1 aliphatic heterocycles. The number of urea groups is 1. The van der Waals surface area contributed by atoms with Crippen molar-refractivity contribution in [2.45, 2.75) is 19.9 Å². The normalized spacial score (nSPS) is 15.8. The van der Waals surface area contributed by atoms with Gasteiger partial charge < -0.3 is 15.0 Å². The molecule has 1 heterocycles. The number of piperazine rings is 1. The number of hydrogen-bond acceptors (Lipinski definition) is 3. The van der Waals surface area contributed by atoms with Crippen molar-refractivity contribution in [1.29, 1.82) is 0 Å². The first kappa shape index (κ1) is 16.8. The topological polar surface area (TPSA) is 44.8 Å². The van der Waals surface area contributed by atoms with Crippen molar-refractivity contribution in [3.05, 3.63) is 35.4 Å². The molecule has 1 fully saturated rings. The average Bonchev–Trinajstić information content (AvgIpc) is 2.55. The van der Waals surface area contributed by atoms with Gasteiger partial charge in [-0.2, -0.15) is 0 Å². The Labute approximate surface area is 133 Å². The molecule has 0 aliphatic carbocycles. The van der Waals surface area contributed by atoms with Crippen molar-refractivity contribution >= 4 is 6.03 Å². The van der Waals surface area contributed by atoms with Gasteiger partial charge in [-0.05, 0) is 18.9 Å². The molecule has 5 nitrogen and oxygen atoms in total. The third-order valence-corrected chi connectivity index (χ3v) is 4.05. The zero-order valence-corrected chi connectivity index (χ0v) is 13.7. The average molecular weight is 305 g/mol. The summed E-state index contributed by atoms with van der Waals surface area (Å²) in [7, 11) is 1.73. The second-order valence-electron chi connectivity index (χ2n) is 5.82. The largest absolute Gasteiger partial charge is 0.385 e. The maximum atomic E-state index is 12.2. The van der Waals surface area contributed by atoms with Gasteiger partial charge in [0.2, 0.25) is 0 Å². The summed E-state index contributed by atoms with van der Waals surface area (Å²) in [5.74, 6) is 0. The van der Waals surface area contributed by atoms with Crippen LogP contribution in [0.4, 0.5) is 4.79 Å². The van der Waals surface area contributed by atoms with E-state index in [9.17, 15) is 4.79 Å². The van der Waals surface area contributed by atoms with E-state index in [0.717, 1.165) is 51.3 Å². The number of rotatable bonds is 6. The van der Waals surface area contributed by atoms with E-state index in [4.69, 9.17) is 4.74 Å². The Morgan fingerprint density at radius 2 is 1.86 bits per heavy atom. The number of carbonyl (C=O) groups is 1. The Hall–Kier alpha value is -1.59. The molecular weight excluding hydrogens is 278 g/mol. The Morgan fingerprint density at radius 1 is 1.18 bits per heavy atom. The van der Waals surface area contributed by atoms with E-state index in [2.05, 4.69) is 41.4 Å².